The van der Waals surface area contributed by atoms with Crippen LogP contribution in [0.3, 0.4) is 0 Å². The molecule has 1 aromatic carbocycles. The van der Waals surface area contributed by atoms with Gasteiger partial charge in [-0.15, -0.1) is 0 Å². The minimum absolute atomic E-state index is 1.21. The van der Waals surface area contributed by atoms with Crippen LogP contribution >= 0.6 is 11.8 Å². The maximum absolute atomic E-state index is 2.33. The van der Waals surface area contributed by atoms with Crippen LogP contribution in [0.1, 0.15) is 33.1 Å². The van der Waals surface area contributed by atoms with Gasteiger partial charge in [-0.1, -0.05) is 55.8 Å². The standard InChI is InChI=1S/C13H18S/c1-3-4-6-9-12(2)14-13-10-7-5-8-11-13/h5,7-11H,3-4,6H2,1-2H3/b12-9+. The van der Waals surface area contributed by atoms with Crippen molar-refractivity contribution in [2.75, 3.05) is 0 Å². The first-order valence-electron chi connectivity index (χ1n) is 5.22. The molecule has 1 rings (SSSR count). The van der Waals surface area contributed by atoms with Crippen LogP contribution in [0.25, 0.3) is 0 Å². The maximum atomic E-state index is 2.33. The molecule has 0 amide bonds. The van der Waals surface area contributed by atoms with Gasteiger partial charge in [0.2, 0.25) is 0 Å². The summed E-state index contributed by atoms with van der Waals surface area (Å²) in [5.41, 5.74) is 0. The number of rotatable bonds is 5. The molecule has 0 aliphatic heterocycles. The fourth-order valence-electron chi connectivity index (χ4n) is 1.23. The summed E-state index contributed by atoms with van der Waals surface area (Å²) < 4.78 is 0. The van der Waals surface area contributed by atoms with Crippen molar-refractivity contribution in [3.05, 3.63) is 41.3 Å². The van der Waals surface area contributed by atoms with E-state index in [2.05, 4.69) is 50.3 Å². The molecule has 14 heavy (non-hydrogen) atoms. The summed E-state index contributed by atoms with van der Waals surface area (Å²) in [7, 11) is 0. The lowest BCUT2D eigenvalue weighted by atomic mass is 10.2. The van der Waals surface area contributed by atoms with Gasteiger partial charge in [-0.25, -0.2) is 0 Å². The average molecular weight is 206 g/mol. The quantitative estimate of drug-likeness (QED) is 0.489. The van der Waals surface area contributed by atoms with Crippen molar-refractivity contribution < 1.29 is 0 Å². The summed E-state index contributed by atoms with van der Waals surface area (Å²) in [6, 6.07) is 10.5. The third-order valence-electron chi connectivity index (χ3n) is 2.01. The molecule has 1 aromatic rings. The molecule has 0 aliphatic rings. The van der Waals surface area contributed by atoms with Gasteiger partial charge in [-0.3, -0.25) is 0 Å². The molecule has 0 bridgehead atoms. The number of unbranched alkanes of at least 4 members (excludes halogenated alkanes) is 2. The normalized spacial score (nSPS) is 11.7. The minimum atomic E-state index is 1.21. The number of benzene rings is 1. The van der Waals surface area contributed by atoms with Crippen molar-refractivity contribution in [1.29, 1.82) is 0 Å². The van der Waals surface area contributed by atoms with Crippen LogP contribution in [0, 0.1) is 0 Å². The van der Waals surface area contributed by atoms with E-state index in [1.165, 1.54) is 29.1 Å². The molecular weight excluding hydrogens is 188 g/mol. The topological polar surface area (TPSA) is 0 Å². The second-order valence-electron chi connectivity index (χ2n) is 3.37. The third kappa shape index (κ3) is 4.52. The second-order valence-corrected chi connectivity index (χ2v) is 4.69. The molecule has 0 unspecified atom stereocenters. The van der Waals surface area contributed by atoms with E-state index < -0.39 is 0 Å². The van der Waals surface area contributed by atoms with Gasteiger partial charge < -0.3 is 0 Å². The molecule has 0 heterocycles. The monoisotopic (exact) mass is 206 g/mol. The predicted molar refractivity (Wildman–Crippen MR) is 65.6 cm³/mol. The molecule has 0 saturated heterocycles. The third-order valence-corrected chi connectivity index (χ3v) is 3.01. The lowest BCUT2D eigenvalue weighted by Gasteiger charge is -2.00. The fraction of sp³-hybridized carbons (Fsp3) is 0.385. The largest absolute Gasteiger partial charge is 0.0952 e. The first kappa shape index (κ1) is 11.4. The fourth-order valence-corrected chi connectivity index (χ4v) is 2.09. The van der Waals surface area contributed by atoms with Gasteiger partial charge in [0.25, 0.3) is 0 Å². The van der Waals surface area contributed by atoms with Crippen LogP contribution in [0.2, 0.25) is 0 Å². The second kappa shape index (κ2) is 6.72. The Morgan fingerprint density at radius 1 is 1.29 bits per heavy atom. The summed E-state index contributed by atoms with van der Waals surface area (Å²) in [6.45, 7) is 4.42. The Balaban J connectivity index is 2.40. The van der Waals surface area contributed by atoms with Gasteiger partial charge in [0, 0.05) is 4.90 Å². The highest BCUT2D eigenvalue weighted by molar-refractivity contribution is 8.03. The number of allylic oxidation sites excluding steroid dienone is 2. The van der Waals surface area contributed by atoms with Crippen molar-refractivity contribution in [2.24, 2.45) is 0 Å². The first-order chi connectivity index (χ1) is 6.83. The molecule has 1 heteroatoms. The molecule has 0 atom stereocenters. The molecule has 0 aliphatic carbocycles. The Labute approximate surface area is 91.4 Å². The number of thioether (sulfide) groups is 1. The Bertz CT molecular complexity index is 275. The molecule has 0 spiro atoms. The zero-order valence-electron chi connectivity index (χ0n) is 8.99. The van der Waals surface area contributed by atoms with Crippen molar-refractivity contribution >= 4 is 11.8 Å². The number of hydrogen-bond donors (Lipinski definition) is 0. The van der Waals surface area contributed by atoms with Crippen LogP contribution in [-0.4, -0.2) is 0 Å². The van der Waals surface area contributed by atoms with Gasteiger partial charge >= 0.3 is 0 Å². The molecule has 0 radical (unpaired) electrons. The summed E-state index contributed by atoms with van der Waals surface area (Å²) >= 11 is 1.86. The van der Waals surface area contributed by atoms with E-state index in [9.17, 15) is 0 Å². The molecule has 0 aromatic heterocycles. The lowest BCUT2D eigenvalue weighted by molar-refractivity contribution is 0.813. The lowest BCUT2D eigenvalue weighted by Crippen LogP contribution is -1.73. The summed E-state index contributed by atoms with van der Waals surface area (Å²) in [6.07, 6.45) is 6.12. The van der Waals surface area contributed by atoms with Crippen LogP contribution in [0.15, 0.2) is 46.2 Å². The van der Waals surface area contributed by atoms with Crippen molar-refractivity contribution in [1.82, 2.24) is 0 Å². The van der Waals surface area contributed by atoms with Crippen molar-refractivity contribution in [3.63, 3.8) is 0 Å². The van der Waals surface area contributed by atoms with Crippen molar-refractivity contribution in [3.8, 4) is 0 Å². The maximum Gasteiger partial charge on any atom is 0.0118 e. The Kier molecular flexibility index (Phi) is 5.46. The van der Waals surface area contributed by atoms with E-state index in [1.54, 1.807) is 0 Å². The van der Waals surface area contributed by atoms with Gasteiger partial charge in [0.15, 0.2) is 0 Å². The Morgan fingerprint density at radius 3 is 2.64 bits per heavy atom. The van der Waals surface area contributed by atoms with E-state index in [1.807, 2.05) is 11.8 Å². The minimum Gasteiger partial charge on any atom is -0.0952 e. The van der Waals surface area contributed by atoms with Crippen LogP contribution < -0.4 is 0 Å². The summed E-state index contributed by atoms with van der Waals surface area (Å²) in [5, 5.41) is 0. The average Bonchev–Trinajstić information content (AvgIpc) is 2.20. The summed E-state index contributed by atoms with van der Waals surface area (Å²) in [4.78, 5) is 2.74. The van der Waals surface area contributed by atoms with Gasteiger partial charge in [-0.2, -0.15) is 0 Å². The molecule has 76 valence electrons. The molecule has 0 N–H and O–H groups in total. The Hall–Kier alpha value is -0.690. The first-order valence-corrected chi connectivity index (χ1v) is 6.04. The highest BCUT2D eigenvalue weighted by Gasteiger charge is 1.93. The molecule has 0 nitrogen and oxygen atoms in total. The van der Waals surface area contributed by atoms with Crippen LogP contribution in [0.4, 0.5) is 0 Å². The molecular formula is C13H18S. The molecule has 0 saturated carbocycles. The van der Waals surface area contributed by atoms with E-state index in [-0.39, 0.29) is 0 Å². The van der Waals surface area contributed by atoms with Gasteiger partial charge in [0.1, 0.15) is 0 Å². The highest BCUT2D eigenvalue weighted by Crippen LogP contribution is 2.25. The molecule has 0 fully saturated rings. The van der Waals surface area contributed by atoms with E-state index in [0.717, 1.165) is 0 Å². The van der Waals surface area contributed by atoms with Gasteiger partial charge in [0.05, 0.1) is 0 Å². The van der Waals surface area contributed by atoms with Crippen LogP contribution in [0.5, 0.6) is 0 Å². The SMILES string of the molecule is CCCC/C=C(\C)Sc1ccccc1. The van der Waals surface area contributed by atoms with E-state index >= 15 is 0 Å². The van der Waals surface area contributed by atoms with Crippen molar-refractivity contribution in [2.45, 2.75) is 38.0 Å². The highest BCUT2D eigenvalue weighted by atomic mass is 32.2. The number of hydrogen-bond acceptors (Lipinski definition) is 1. The van der Waals surface area contributed by atoms with E-state index in [0.29, 0.717) is 0 Å². The zero-order chi connectivity index (χ0) is 10.2. The summed E-state index contributed by atoms with van der Waals surface area (Å²) in [5.74, 6) is 0. The predicted octanol–water partition coefficient (Wildman–Crippen LogP) is 4.87. The van der Waals surface area contributed by atoms with E-state index in [4.69, 9.17) is 0 Å². The Morgan fingerprint density at radius 2 is 2.00 bits per heavy atom. The van der Waals surface area contributed by atoms with Gasteiger partial charge in [-0.05, 0) is 30.4 Å². The smallest absolute Gasteiger partial charge is 0.0118 e. The zero-order valence-corrected chi connectivity index (χ0v) is 9.81. The van der Waals surface area contributed by atoms with Crippen LogP contribution in [-0.2, 0) is 0 Å².